The Kier molecular flexibility index (Phi) is 2.74. The molecule has 1 amide bonds. The number of nitrogens with zero attached hydrogens (tertiary/aromatic N) is 2. The van der Waals surface area contributed by atoms with Gasteiger partial charge >= 0.3 is 0 Å². The van der Waals surface area contributed by atoms with Crippen molar-refractivity contribution in [1.29, 1.82) is 0 Å². The van der Waals surface area contributed by atoms with E-state index in [1.807, 2.05) is 0 Å². The lowest BCUT2D eigenvalue weighted by Crippen LogP contribution is -2.12. The molecule has 17 heavy (non-hydrogen) atoms. The SMILES string of the molecule is C=C(C(N)=O)c1cc2cncnc2cc1OC. The van der Waals surface area contributed by atoms with Crippen LogP contribution in [0.15, 0.2) is 31.2 Å². The molecule has 86 valence electrons. The van der Waals surface area contributed by atoms with Crippen molar-refractivity contribution >= 4 is 22.4 Å². The number of nitrogens with two attached hydrogens (primary N) is 1. The van der Waals surface area contributed by atoms with Crippen molar-refractivity contribution in [3.8, 4) is 5.75 Å². The van der Waals surface area contributed by atoms with E-state index in [0.29, 0.717) is 11.3 Å². The Morgan fingerprint density at radius 1 is 1.47 bits per heavy atom. The fraction of sp³-hybridized carbons (Fsp3) is 0.0833. The maximum atomic E-state index is 11.1. The second-order valence-corrected chi connectivity index (χ2v) is 3.48. The number of amides is 1. The molecule has 0 unspecified atom stereocenters. The number of benzene rings is 1. The van der Waals surface area contributed by atoms with E-state index in [0.717, 1.165) is 10.9 Å². The lowest BCUT2D eigenvalue weighted by atomic mass is 10.0. The van der Waals surface area contributed by atoms with Gasteiger partial charge in [-0.05, 0) is 6.07 Å². The lowest BCUT2D eigenvalue weighted by Gasteiger charge is -2.09. The van der Waals surface area contributed by atoms with Crippen LogP contribution in [-0.2, 0) is 4.79 Å². The predicted molar refractivity (Wildman–Crippen MR) is 64.3 cm³/mol. The first-order chi connectivity index (χ1) is 8.13. The van der Waals surface area contributed by atoms with Gasteiger partial charge in [0.2, 0.25) is 5.91 Å². The zero-order valence-electron chi connectivity index (χ0n) is 9.30. The van der Waals surface area contributed by atoms with Gasteiger partial charge < -0.3 is 10.5 Å². The van der Waals surface area contributed by atoms with Gasteiger partial charge in [-0.25, -0.2) is 9.97 Å². The Labute approximate surface area is 97.9 Å². The van der Waals surface area contributed by atoms with E-state index in [1.165, 1.54) is 13.4 Å². The molecule has 1 aromatic heterocycles. The second-order valence-electron chi connectivity index (χ2n) is 3.48. The minimum Gasteiger partial charge on any atom is -0.496 e. The summed E-state index contributed by atoms with van der Waals surface area (Å²) in [7, 11) is 1.51. The van der Waals surface area contributed by atoms with E-state index in [1.54, 1.807) is 18.3 Å². The zero-order valence-corrected chi connectivity index (χ0v) is 9.30. The number of ether oxygens (including phenoxy) is 1. The van der Waals surface area contributed by atoms with Crippen LogP contribution in [0.25, 0.3) is 16.5 Å². The number of hydrogen-bond acceptors (Lipinski definition) is 4. The van der Waals surface area contributed by atoms with E-state index < -0.39 is 5.91 Å². The van der Waals surface area contributed by atoms with Crippen LogP contribution in [0.2, 0.25) is 0 Å². The molecule has 0 saturated heterocycles. The summed E-state index contributed by atoms with van der Waals surface area (Å²) >= 11 is 0. The van der Waals surface area contributed by atoms with Gasteiger partial charge in [0.05, 0.1) is 12.6 Å². The third-order valence-corrected chi connectivity index (χ3v) is 2.45. The van der Waals surface area contributed by atoms with Gasteiger partial charge in [0.1, 0.15) is 12.1 Å². The van der Waals surface area contributed by atoms with Gasteiger partial charge in [0.25, 0.3) is 0 Å². The largest absolute Gasteiger partial charge is 0.496 e. The van der Waals surface area contributed by atoms with E-state index in [9.17, 15) is 4.79 Å². The molecule has 2 N–H and O–H groups in total. The van der Waals surface area contributed by atoms with Gasteiger partial charge in [-0.2, -0.15) is 0 Å². The number of fused-ring (bicyclic) bond motifs is 1. The summed E-state index contributed by atoms with van der Waals surface area (Å²) in [4.78, 5) is 19.2. The summed E-state index contributed by atoms with van der Waals surface area (Å²) in [6.07, 6.45) is 3.10. The Balaban J connectivity index is 2.69. The van der Waals surface area contributed by atoms with Crippen molar-refractivity contribution in [1.82, 2.24) is 9.97 Å². The van der Waals surface area contributed by atoms with Crippen LogP contribution < -0.4 is 10.5 Å². The summed E-state index contributed by atoms with van der Waals surface area (Å²) in [5.74, 6) is -0.0699. The number of carbonyl (C=O) groups is 1. The Morgan fingerprint density at radius 3 is 2.88 bits per heavy atom. The molecule has 1 aromatic carbocycles. The average molecular weight is 229 g/mol. The van der Waals surface area contributed by atoms with E-state index in [4.69, 9.17) is 10.5 Å². The predicted octanol–water partition coefficient (Wildman–Crippen LogP) is 1.14. The monoisotopic (exact) mass is 229 g/mol. The molecule has 0 atom stereocenters. The molecule has 0 radical (unpaired) electrons. The van der Waals surface area contributed by atoms with Gasteiger partial charge in [0.15, 0.2) is 0 Å². The molecule has 0 aliphatic heterocycles. The van der Waals surface area contributed by atoms with Crippen LogP contribution in [0, 0.1) is 0 Å². The average Bonchev–Trinajstić information content (AvgIpc) is 2.36. The van der Waals surface area contributed by atoms with Crippen LogP contribution in [0.3, 0.4) is 0 Å². The van der Waals surface area contributed by atoms with Gasteiger partial charge in [-0.1, -0.05) is 6.58 Å². The third kappa shape index (κ3) is 1.94. The summed E-state index contributed by atoms with van der Waals surface area (Å²) < 4.78 is 5.20. The standard InChI is InChI=1S/C12H11N3O2/c1-7(12(13)16)9-3-8-5-14-6-15-10(8)4-11(9)17-2/h3-6H,1H2,2H3,(H2,13,16). The number of carbonyl (C=O) groups excluding carboxylic acids is 1. The Morgan fingerprint density at radius 2 is 2.24 bits per heavy atom. The van der Waals surface area contributed by atoms with Crippen molar-refractivity contribution in [3.63, 3.8) is 0 Å². The molecule has 1 heterocycles. The highest BCUT2D eigenvalue weighted by Crippen LogP contribution is 2.29. The van der Waals surface area contributed by atoms with Crippen LogP contribution in [0.4, 0.5) is 0 Å². The molecule has 0 fully saturated rings. The summed E-state index contributed by atoms with van der Waals surface area (Å²) in [6, 6.07) is 3.46. The number of aromatic nitrogens is 2. The summed E-state index contributed by atoms with van der Waals surface area (Å²) in [5.41, 5.74) is 6.70. The van der Waals surface area contributed by atoms with Crippen LogP contribution >= 0.6 is 0 Å². The molecule has 5 heteroatoms. The van der Waals surface area contributed by atoms with Crippen molar-refractivity contribution in [2.24, 2.45) is 5.73 Å². The fourth-order valence-electron chi connectivity index (χ4n) is 1.55. The number of primary amides is 1. The first-order valence-corrected chi connectivity index (χ1v) is 4.90. The molecular formula is C12H11N3O2. The first kappa shape index (κ1) is 11.1. The molecule has 0 aliphatic rings. The van der Waals surface area contributed by atoms with Gasteiger partial charge in [-0.3, -0.25) is 4.79 Å². The van der Waals surface area contributed by atoms with Crippen molar-refractivity contribution in [3.05, 3.63) is 36.8 Å². The molecule has 0 bridgehead atoms. The number of hydrogen-bond donors (Lipinski definition) is 1. The smallest absolute Gasteiger partial charge is 0.248 e. The maximum Gasteiger partial charge on any atom is 0.248 e. The molecular weight excluding hydrogens is 218 g/mol. The zero-order chi connectivity index (χ0) is 12.4. The van der Waals surface area contributed by atoms with E-state index in [-0.39, 0.29) is 5.57 Å². The fourth-order valence-corrected chi connectivity index (χ4v) is 1.55. The Bertz CT molecular complexity index is 608. The molecule has 0 spiro atoms. The number of rotatable bonds is 3. The normalized spacial score (nSPS) is 10.2. The topological polar surface area (TPSA) is 78.1 Å². The highest BCUT2D eigenvalue weighted by molar-refractivity contribution is 6.19. The second kappa shape index (κ2) is 4.21. The van der Waals surface area contributed by atoms with Crippen molar-refractivity contribution in [2.75, 3.05) is 7.11 Å². The molecule has 0 aliphatic carbocycles. The van der Waals surface area contributed by atoms with Gasteiger partial charge in [-0.15, -0.1) is 0 Å². The quantitative estimate of drug-likeness (QED) is 0.800. The van der Waals surface area contributed by atoms with Crippen molar-refractivity contribution in [2.45, 2.75) is 0 Å². The first-order valence-electron chi connectivity index (χ1n) is 4.90. The number of methoxy groups -OCH3 is 1. The molecule has 0 saturated carbocycles. The third-order valence-electron chi connectivity index (χ3n) is 2.45. The van der Waals surface area contributed by atoms with Crippen LogP contribution in [-0.4, -0.2) is 23.0 Å². The minimum atomic E-state index is -0.584. The molecule has 2 aromatic rings. The summed E-state index contributed by atoms with van der Waals surface area (Å²) in [5, 5.41) is 0.797. The van der Waals surface area contributed by atoms with Gasteiger partial charge in [0, 0.05) is 28.8 Å². The van der Waals surface area contributed by atoms with Crippen LogP contribution in [0.5, 0.6) is 5.75 Å². The Hall–Kier alpha value is -2.43. The lowest BCUT2D eigenvalue weighted by molar-refractivity contribution is -0.112. The highest BCUT2D eigenvalue weighted by atomic mass is 16.5. The minimum absolute atomic E-state index is 0.201. The van der Waals surface area contributed by atoms with E-state index in [2.05, 4.69) is 16.5 Å². The van der Waals surface area contributed by atoms with E-state index >= 15 is 0 Å². The van der Waals surface area contributed by atoms with Crippen LogP contribution in [0.1, 0.15) is 5.56 Å². The maximum absolute atomic E-state index is 11.1. The highest BCUT2D eigenvalue weighted by Gasteiger charge is 2.13. The molecule has 5 nitrogen and oxygen atoms in total. The summed E-state index contributed by atoms with van der Waals surface area (Å²) in [6.45, 7) is 3.64. The van der Waals surface area contributed by atoms with Crippen molar-refractivity contribution < 1.29 is 9.53 Å². The molecule has 2 rings (SSSR count).